The molecule has 4 nitrogen and oxygen atoms in total. The molecule has 13 heavy (non-hydrogen) atoms. The van der Waals surface area contributed by atoms with E-state index in [0.29, 0.717) is 5.56 Å². The van der Waals surface area contributed by atoms with Crippen molar-refractivity contribution in [1.29, 1.82) is 0 Å². The standard InChI is InChI=1S/C8H8FN3O/c9-7-3-1-6(2-4-7)5-11-12-8(10)13/h1-5H,(H3,10,12,13)/b11-5+. The van der Waals surface area contributed by atoms with Crippen LogP contribution in [0.1, 0.15) is 5.56 Å². The van der Waals surface area contributed by atoms with Crippen molar-refractivity contribution >= 4 is 12.2 Å². The maximum atomic E-state index is 12.4. The van der Waals surface area contributed by atoms with Gasteiger partial charge in [0.15, 0.2) is 0 Å². The van der Waals surface area contributed by atoms with Gasteiger partial charge in [-0.25, -0.2) is 14.6 Å². The first-order valence-corrected chi connectivity index (χ1v) is 3.52. The van der Waals surface area contributed by atoms with Gasteiger partial charge in [0.1, 0.15) is 5.82 Å². The molecule has 2 amide bonds. The quantitative estimate of drug-likeness (QED) is 0.515. The highest BCUT2D eigenvalue weighted by Gasteiger charge is 1.89. The lowest BCUT2D eigenvalue weighted by molar-refractivity contribution is 0.249. The number of hydrazone groups is 1. The van der Waals surface area contributed by atoms with Gasteiger partial charge in [-0.2, -0.15) is 5.10 Å². The lowest BCUT2D eigenvalue weighted by Crippen LogP contribution is -2.24. The number of benzene rings is 1. The van der Waals surface area contributed by atoms with Crippen molar-refractivity contribution in [3.8, 4) is 0 Å². The average Bonchev–Trinajstić information content (AvgIpc) is 2.08. The van der Waals surface area contributed by atoms with Gasteiger partial charge in [-0.1, -0.05) is 12.1 Å². The molecule has 68 valence electrons. The summed E-state index contributed by atoms with van der Waals surface area (Å²) >= 11 is 0. The van der Waals surface area contributed by atoms with Crippen LogP contribution in [-0.2, 0) is 0 Å². The number of nitrogens with one attached hydrogen (secondary N) is 1. The Labute approximate surface area is 74.2 Å². The van der Waals surface area contributed by atoms with Crippen LogP contribution in [0.15, 0.2) is 29.4 Å². The van der Waals surface area contributed by atoms with Crippen molar-refractivity contribution in [1.82, 2.24) is 5.43 Å². The second-order valence-corrected chi connectivity index (χ2v) is 2.29. The lowest BCUT2D eigenvalue weighted by atomic mass is 10.2. The van der Waals surface area contributed by atoms with E-state index in [1.54, 1.807) is 0 Å². The van der Waals surface area contributed by atoms with Crippen LogP contribution in [0.2, 0.25) is 0 Å². The summed E-state index contributed by atoms with van der Waals surface area (Å²) in [4.78, 5) is 10.2. The minimum atomic E-state index is -0.738. The van der Waals surface area contributed by atoms with Crippen LogP contribution in [0.25, 0.3) is 0 Å². The van der Waals surface area contributed by atoms with Gasteiger partial charge in [0.2, 0.25) is 0 Å². The molecule has 0 radical (unpaired) electrons. The number of halogens is 1. The topological polar surface area (TPSA) is 67.5 Å². The van der Waals surface area contributed by atoms with Gasteiger partial charge in [-0.05, 0) is 17.7 Å². The van der Waals surface area contributed by atoms with Crippen LogP contribution in [0.3, 0.4) is 0 Å². The van der Waals surface area contributed by atoms with Gasteiger partial charge < -0.3 is 5.73 Å². The predicted molar refractivity (Wildman–Crippen MR) is 46.7 cm³/mol. The fraction of sp³-hybridized carbons (Fsp3) is 0. The minimum Gasteiger partial charge on any atom is -0.350 e. The summed E-state index contributed by atoms with van der Waals surface area (Å²) in [5.41, 5.74) is 7.46. The van der Waals surface area contributed by atoms with Crippen LogP contribution in [0.4, 0.5) is 9.18 Å². The Bertz CT molecular complexity index is 321. The smallest absolute Gasteiger partial charge is 0.332 e. The second-order valence-electron chi connectivity index (χ2n) is 2.29. The van der Waals surface area contributed by atoms with E-state index in [0.717, 1.165) is 0 Å². The number of carbonyl (C=O) groups is 1. The van der Waals surface area contributed by atoms with E-state index in [2.05, 4.69) is 5.10 Å². The van der Waals surface area contributed by atoms with Crippen LogP contribution in [-0.4, -0.2) is 12.2 Å². The number of hydrogen-bond donors (Lipinski definition) is 2. The van der Waals surface area contributed by atoms with E-state index in [-0.39, 0.29) is 5.82 Å². The molecule has 0 atom stereocenters. The van der Waals surface area contributed by atoms with Gasteiger partial charge in [0.05, 0.1) is 6.21 Å². The first kappa shape index (κ1) is 9.18. The molecule has 5 heteroatoms. The number of primary amides is 1. The molecule has 0 saturated heterocycles. The van der Waals surface area contributed by atoms with Crippen molar-refractivity contribution < 1.29 is 9.18 Å². The Kier molecular flexibility index (Phi) is 2.97. The Balaban J connectivity index is 2.59. The summed E-state index contributed by atoms with van der Waals surface area (Å²) in [5, 5.41) is 3.50. The molecule has 0 aliphatic carbocycles. The highest BCUT2D eigenvalue weighted by atomic mass is 19.1. The van der Waals surface area contributed by atoms with Gasteiger partial charge in [0.25, 0.3) is 0 Å². The molecule has 0 aliphatic heterocycles. The fourth-order valence-electron chi connectivity index (χ4n) is 0.719. The number of carbonyl (C=O) groups excluding carboxylic acids is 1. The molecular formula is C8H8FN3O. The first-order valence-electron chi connectivity index (χ1n) is 3.52. The molecule has 0 saturated carbocycles. The molecule has 1 aromatic carbocycles. The molecule has 3 N–H and O–H groups in total. The third kappa shape index (κ3) is 3.33. The molecule has 1 rings (SSSR count). The zero-order valence-corrected chi connectivity index (χ0v) is 6.70. The second kappa shape index (κ2) is 4.20. The molecule has 0 heterocycles. The number of nitrogens with zero attached hydrogens (tertiary/aromatic N) is 1. The van der Waals surface area contributed by atoms with Gasteiger partial charge in [0, 0.05) is 0 Å². The van der Waals surface area contributed by atoms with E-state index in [9.17, 15) is 9.18 Å². The molecule has 0 aliphatic rings. The van der Waals surface area contributed by atoms with Gasteiger partial charge in [-0.15, -0.1) is 0 Å². The van der Waals surface area contributed by atoms with E-state index < -0.39 is 6.03 Å². The van der Waals surface area contributed by atoms with Crippen LogP contribution in [0, 0.1) is 5.82 Å². The number of hydrogen-bond acceptors (Lipinski definition) is 2. The fourth-order valence-corrected chi connectivity index (χ4v) is 0.719. The maximum absolute atomic E-state index is 12.4. The Morgan fingerprint density at radius 3 is 2.62 bits per heavy atom. The lowest BCUT2D eigenvalue weighted by Gasteiger charge is -1.92. The number of amides is 2. The molecule has 0 bridgehead atoms. The summed E-state index contributed by atoms with van der Waals surface area (Å²) in [7, 11) is 0. The van der Waals surface area contributed by atoms with Crippen molar-refractivity contribution in [3.63, 3.8) is 0 Å². The summed E-state index contributed by atoms with van der Waals surface area (Å²) in [6.07, 6.45) is 1.37. The summed E-state index contributed by atoms with van der Waals surface area (Å²) < 4.78 is 12.4. The Hall–Kier alpha value is -1.91. The normalized spacial score (nSPS) is 10.2. The van der Waals surface area contributed by atoms with Crippen LogP contribution < -0.4 is 11.2 Å². The zero-order chi connectivity index (χ0) is 9.68. The van der Waals surface area contributed by atoms with E-state index in [1.165, 1.54) is 30.5 Å². The van der Waals surface area contributed by atoms with Crippen molar-refractivity contribution in [2.45, 2.75) is 0 Å². The van der Waals surface area contributed by atoms with Crippen LogP contribution in [0.5, 0.6) is 0 Å². The SMILES string of the molecule is NC(=O)N/N=C/c1ccc(F)cc1. The number of nitrogens with two attached hydrogens (primary N) is 1. The van der Waals surface area contributed by atoms with Gasteiger partial charge >= 0.3 is 6.03 Å². The number of rotatable bonds is 2. The highest BCUT2D eigenvalue weighted by molar-refractivity contribution is 5.81. The molecule has 1 aromatic rings. The highest BCUT2D eigenvalue weighted by Crippen LogP contribution is 1.99. The van der Waals surface area contributed by atoms with Crippen molar-refractivity contribution in [2.24, 2.45) is 10.8 Å². The third-order valence-corrected chi connectivity index (χ3v) is 1.26. The average molecular weight is 181 g/mol. The van der Waals surface area contributed by atoms with E-state index in [4.69, 9.17) is 5.73 Å². The number of urea groups is 1. The monoisotopic (exact) mass is 181 g/mol. The molecule has 0 fully saturated rings. The van der Waals surface area contributed by atoms with Crippen molar-refractivity contribution in [3.05, 3.63) is 35.6 Å². The zero-order valence-electron chi connectivity index (χ0n) is 6.70. The van der Waals surface area contributed by atoms with Crippen molar-refractivity contribution in [2.75, 3.05) is 0 Å². The molecule has 0 unspecified atom stereocenters. The van der Waals surface area contributed by atoms with E-state index >= 15 is 0 Å². The minimum absolute atomic E-state index is 0.319. The molecule has 0 spiro atoms. The summed E-state index contributed by atoms with van der Waals surface area (Å²) in [6.45, 7) is 0. The van der Waals surface area contributed by atoms with Crippen LogP contribution >= 0.6 is 0 Å². The predicted octanol–water partition coefficient (Wildman–Crippen LogP) is 0.828. The maximum Gasteiger partial charge on any atom is 0.332 e. The summed E-state index contributed by atoms with van der Waals surface area (Å²) in [5.74, 6) is -0.319. The van der Waals surface area contributed by atoms with Gasteiger partial charge in [-0.3, -0.25) is 0 Å². The summed E-state index contributed by atoms with van der Waals surface area (Å²) in [6, 6.07) is 4.92. The first-order chi connectivity index (χ1) is 6.18. The molecule has 0 aromatic heterocycles. The largest absolute Gasteiger partial charge is 0.350 e. The van der Waals surface area contributed by atoms with E-state index in [1.807, 2.05) is 5.43 Å². The Morgan fingerprint density at radius 1 is 1.46 bits per heavy atom. The third-order valence-electron chi connectivity index (χ3n) is 1.26. The molecular weight excluding hydrogens is 173 g/mol. The Morgan fingerprint density at radius 2 is 2.08 bits per heavy atom.